The molecule has 0 aliphatic carbocycles. The molecular formula is C39H67N3O29. The molecule has 412 valence electrons. The average molecular weight is 1040 g/mol. The van der Waals surface area contributed by atoms with Crippen LogP contribution in [0.4, 0.5) is 0 Å². The van der Waals surface area contributed by atoms with E-state index in [1.807, 2.05) is 0 Å². The molecule has 0 saturated carbocycles. The Kier molecular flexibility index (Phi) is 22.5. The molecule has 0 unspecified atom stereocenters. The highest BCUT2D eigenvalue weighted by molar-refractivity contribution is 5.77. The van der Waals surface area contributed by atoms with Gasteiger partial charge in [0.25, 0.3) is 5.79 Å². The summed E-state index contributed by atoms with van der Waals surface area (Å²) >= 11 is 0. The second kappa shape index (κ2) is 26.4. The maximum Gasteiger partial charge on any atom is 0.364 e. The maximum atomic E-state index is 12.9. The molecule has 0 radical (unpaired) electrons. The Hall–Kier alpha value is -3.08. The van der Waals surface area contributed by atoms with Crippen molar-refractivity contribution in [1.82, 2.24) is 16.0 Å². The number of carbonyl (C=O) groups excluding carboxylic acids is 3. The van der Waals surface area contributed by atoms with Crippen molar-refractivity contribution in [3.8, 4) is 0 Å². The molecule has 32 heteroatoms. The molecule has 71 heavy (non-hydrogen) atoms. The molecule has 4 heterocycles. The fraction of sp³-hybridized carbons (Fsp3) is 0.897. The quantitative estimate of drug-likeness (QED) is 0.0452. The van der Waals surface area contributed by atoms with Crippen molar-refractivity contribution in [1.29, 1.82) is 0 Å². The maximum absolute atomic E-state index is 12.9. The lowest BCUT2D eigenvalue weighted by Gasteiger charge is -2.51. The molecule has 0 aromatic carbocycles. The molecule has 4 aliphatic heterocycles. The van der Waals surface area contributed by atoms with E-state index in [1.54, 1.807) is 0 Å². The number of ether oxygens (including phenoxy) is 8. The van der Waals surface area contributed by atoms with Crippen LogP contribution < -0.4 is 16.0 Å². The van der Waals surface area contributed by atoms with E-state index in [0.29, 0.717) is 0 Å². The van der Waals surface area contributed by atoms with Gasteiger partial charge in [-0.25, -0.2) is 4.79 Å². The Morgan fingerprint density at radius 3 is 1.73 bits per heavy atom. The first-order valence-corrected chi connectivity index (χ1v) is 22.1. The number of amides is 3. The number of carboxylic acid groups (broad SMARTS) is 1. The summed E-state index contributed by atoms with van der Waals surface area (Å²) in [6.45, 7) is -3.23. The van der Waals surface area contributed by atoms with E-state index >= 15 is 0 Å². The van der Waals surface area contributed by atoms with Crippen LogP contribution in [0.2, 0.25) is 0 Å². The first kappa shape index (κ1) is 60.5. The summed E-state index contributed by atoms with van der Waals surface area (Å²) < 4.78 is 44.9. The summed E-state index contributed by atoms with van der Waals surface area (Å²) in [5.41, 5.74) is 0. The molecule has 4 aliphatic rings. The predicted molar refractivity (Wildman–Crippen MR) is 221 cm³/mol. The third-order valence-electron chi connectivity index (χ3n) is 12.1. The number of aliphatic carboxylic acids is 1. The second-order valence-electron chi connectivity index (χ2n) is 17.4. The zero-order valence-corrected chi connectivity index (χ0v) is 38.3. The highest BCUT2D eigenvalue weighted by Crippen LogP contribution is 2.38. The Morgan fingerprint density at radius 2 is 1.20 bits per heavy atom. The summed E-state index contributed by atoms with van der Waals surface area (Å²) in [7, 11) is 0. The van der Waals surface area contributed by atoms with E-state index < -0.39 is 222 Å². The van der Waals surface area contributed by atoms with Gasteiger partial charge in [-0.3, -0.25) is 14.4 Å². The highest BCUT2D eigenvalue weighted by Gasteiger charge is 2.60. The molecule has 0 spiro atoms. The van der Waals surface area contributed by atoms with Gasteiger partial charge in [0.05, 0.1) is 57.8 Å². The van der Waals surface area contributed by atoms with Crippen molar-refractivity contribution in [2.24, 2.45) is 0 Å². The molecule has 32 nitrogen and oxygen atoms in total. The zero-order chi connectivity index (χ0) is 53.4. The van der Waals surface area contributed by atoms with E-state index in [1.165, 1.54) is 0 Å². The zero-order valence-electron chi connectivity index (χ0n) is 38.3. The van der Waals surface area contributed by atoms with E-state index in [9.17, 15) is 106 Å². The molecule has 4 saturated heterocycles. The van der Waals surface area contributed by atoms with Crippen LogP contribution in [0.25, 0.3) is 0 Å². The molecule has 4 rings (SSSR count). The van der Waals surface area contributed by atoms with Crippen LogP contribution in [0.15, 0.2) is 0 Å². The smallest absolute Gasteiger partial charge is 0.364 e. The topological polar surface area (TPSA) is 522 Å². The van der Waals surface area contributed by atoms with Gasteiger partial charge in [-0.2, -0.15) is 0 Å². The Labute approximate surface area is 402 Å². The summed E-state index contributed by atoms with van der Waals surface area (Å²) in [6.07, 6.45) is -43.6. The Balaban J connectivity index is 1.58. The minimum Gasteiger partial charge on any atom is -0.477 e. The van der Waals surface area contributed by atoms with Crippen LogP contribution in [0.3, 0.4) is 0 Å². The number of hydrogen-bond acceptors (Lipinski definition) is 28. The minimum absolute atomic E-state index is 0.790. The van der Waals surface area contributed by atoms with Crippen LogP contribution in [0.5, 0.6) is 0 Å². The number of carboxylic acids is 1. The van der Waals surface area contributed by atoms with Gasteiger partial charge >= 0.3 is 5.97 Å². The lowest BCUT2D eigenvalue weighted by molar-refractivity contribution is -0.383. The number of aliphatic hydroxyl groups is 16. The van der Waals surface area contributed by atoms with Gasteiger partial charge in [-0.15, -0.1) is 0 Å². The van der Waals surface area contributed by atoms with Gasteiger partial charge < -0.3 is 141 Å². The standard InChI is InChI=1S/C39H67N3O29/c1-11(48)40-14(5-43)31(68-36-29(60)28(59)25(56)18(7-45)65-36)24(55)17(53)10-64-35-22(42-13(3)50)27(58)32(20(9-47)67-35)69-37-30(61)34(26(57)19(8-46)66-37)71-39(38(62)63)4-15(51)21(41-12(2)49)33(70-39)23(54)16(52)6-44/h14-37,43-47,51-61H,4-10H2,1-3H3,(H,40,48)(H,41,49)(H,42,50)(H,62,63)/t14-,15-,16+,17+,18+,19+,20+,21+,22+,23+,24-,25-,26-,27+,28-,29+,30+,31+,32+,33+,34-,35+,36-,37-,39-/m0/s1. The second-order valence-corrected chi connectivity index (χ2v) is 17.4. The summed E-state index contributed by atoms with van der Waals surface area (Å²) in [5.74, 6) is -7.70. The summed E-state index contributed by atoms with van der Waals surface area (Å²) in [5, 5.41) is 187. The summed E-state index contributed by atoms with van der Waals surface area (Å²) in [6, 6.07) is -5.00. The van der Waals surface area contributed by atoms with Crippen molar-refractivity contribution < 1.29 is 144 Å². The average Bonchev–Trinajstić information content (AvgIpc) is 3.32. The minimum atomic E-state index is -3.17. The van der Waals surface area contributed by atoms with Gasteiger partial charge in [0.2, 0.25) is 17.7 Å². The Bertz CT molecular complexity index is 1720. The Morgan fingerprint density at radius 1 is 0.634 bits per heavy atom. The van der Waals surface area contributed by atoms with Crippen molar-refractivity contribution in [2.45, 2.75) is 180 Å². The molecular weight excluding hydrogens is 974 g/mol. The molecule has 0 aromatic rings. The summed E-state index contributed by atoms with van der Waals surface area (Å²) in [4.78, 5) is 49.3. The van der Waals surface area contributed by atoms with Crippen LogP contribution in [0.1, 0.15) is 27.2 Å². The molecule has 0 aromatic heterocycles. The lowest BCUT2D eigenvalue weighted by atomic mass is 9.88. The van der Waals surface area contributed by atoms with E-state index in [0.717, 1.165) is 20.8 Å². The van der Waals surface area contributed by atoms with Crippen LogP contribution in [-0.2, 0) is 57.1 Å². The third kappa shape index (κ3) is 14.2. The number of aliphatic hydroxyl groups excluding tert-OH is 16. The highest BCUT2D eigenvalue weighted by atomic mass is 16.8. The van der Waals surface area contributed by atoms with Gasteiger partial charge in [-0.05, 0) is 0 Å². The monoisotopic (exact) mass is 1040 g/mol. The van der Waals surface area contributed by atoms with E-state index in [4.69, 9.17) is 37.9 Å². The van der Waals surface area contributed by atoms with Crippen LogP contribution in [-0.4, -0.2) is 303 Å². The largest absolute Gasteiger partial charge is 0.477 e. The fourth-order valence-electron chi connectivity index (χ4n) is 8.45. The van der Waals surface area contributed by atoms with Gasteiger partial charge in [0, 0.05) is 27.2 Å². The van der Waals surface area contributed by atoms with E-state index in [2.05, 4.69) is 16.0 Å². The van der Waals surface area contributed by atoms with Crippen molar-refractivity contribution >= 4 is 23.7 Å². The van der Waals surface area contributed by atoms with Gasteiger partial charge in [-0.1, -0.05) is 0 Å². The van der Waals surface area contributed by atoms with Crippen molar-refractivity contribution in [3.05, 3.63) is 0 Å². The van der Waals surface area contributed by atoms with Gasteiger partial charge in [0.1, 0.15) is 110 Å². The molecule has 3 amide bonds. The van der Waals surface area contributed by atoms with Crippen LogP contribution >= 0.6 is 0 Å². The molecule has 20 N–H and O–H groups in total. The predicted octanol–water partition coefficient (Wildman–Crippen LogP) is -12.7. The fourth-order valence-corrected chi connectivity index (χ4v) is 8.45. The number of nitrogens with one attached hydrogen (secondary N) is 3. The van der Waals surface area contributed by atoms with Crippen molar-refractivity contribution in [2.75, 3.05) is 39.6 Å². The molecule has 4 fully saturated rings. The molecule has 25 atom stereocenters. The third-order valence-corrected chi connectivity index (χ3v) is 12.1. The molecule has 0 bridgehead atoms. The lowest BCUT2D eigenvalue weighted by Crippen LogP contribution is -2.71. The van der Waals surface area contributed by atoms with Crippen LogP contribution in [0, 0.1) is 0 Å². The van der Waals surface area contributed by atoms with E-state index in [-0.39, 0.29) is 0 Å². The number of rotatable bonds is 23. The number of carbonyl (C=O) groups is 4. The first-order valence-electron chi connectivity index (χ1n) is 22.1. The number of hydrogen-bond donors (Lipinski definition) is 20. The first-order chi connectivity index (χ1) is 33.3. The normalized spacial score (nSPS) is 40.3. The van der Waals surface area contributed by atoms with Crippen molar-refractivity contribution in [3.63, 3.8) is 0 Å². The SMILES string of the molecule is CC(=O)N[C@H]1[C@H](OC[C@@H](O)[C@H](O)[C@H](O[C@@H]2O[C@H](CO)[C@H](O)[C@H](O)[C@H]2O)[C@H](CO)NC(C)=O)O[C@H](CO)[C@@H](O[C@@H]2O[C@H](CO)[C@H](O)[C@H](O[C@]3(C(=O)O)C[C@H](O)[C@@H](NC(C)=O)[C@H]([C@H](O)[C@H](O)CO)O3)[C@H]2O)[C@@H]1O. The van der Waals surface area contributed by atoms with Gasteiger partial charge in [0.15, 0.2) is 18.9 Å².